The number of hydrogen-bond acceptors (Lipinski definition) is 4. The largest absolute Gasteiger partial charge is 0.495 e. The minimum atomic E-state index is -0.645. The van der Waals surface area contributed by atoms with Gasteiger partial charge in [-0.2, -0.15) is 0 Å². The Morgan fingerprint density at radius 2 is 1.86 bits per heavy atom. The van der Waals surface area contributed by atoms with Crippen LogP contribution in [0.5, 0.6) is 11.5 Å². The van der Waals surface area contributed by atoms with Gasteiger partial charge in [-0.3, -0.25) is 4.79 Å². The first-order chi connectivity index (χ1) is 10.5. The normalized spacial score (nSPS) is 11.6. The van der Waals surface area contributed by atoms with E-state index in [0.717, 1.165) is 5.56 Å². The van der Waals surface area contributed by atoms with Crippen LogP contribution in [-0.4, -0.2) is 19.1 Å². The molecule has 1 amide bonds. The van der Waals surface area contributed by atoms with Crippen molar-refractivity contribution in [1.29, 1.82) is 0 Å². The monoisotopic (exact) mass is 300 g/mol. The van der Waals surface area contributed by atoms with E-state index in [1.54, 1.807) is 25.1 Å². The fourth-order valence-corrected chi connectivity index (χ4v) is 1.93. The number of methoxy groups -OCH3 is 1. The zero-order chi connectivity index (χ0) is 16.1. The molecule has 116 valence electrons. The Morgan fingerprint density at radius 3 is 2.50 bits per heavy atom. The number of carbonyl (C=O) groups excluding carboxylic acids is 1. The van der Waals surface area contributed by atoms with Gasteiger partial charge in [-0.25, -0.2) is 0 Å². The number of anilines is 2. The number of nitrogens with one attached hydrogen (secondary N) is 1. The molecule has 2 aromatic rings. The Bertz CT molecular complexity index is 653. The molecule has 2 aromatic carbocycles. The zero-order valence-electron chi connectivity index (χ0n) is 12.9. The van der Waals surface area contributed by atoms with E-state index in [9.17, 15) is 4.79 Å². The number of nitrogens with two attached hydrogens (primary N) is 1. The summed E-state index contributed by atoms with van der Waals surface area (Å²) in [5.41, 5.74) is 7.93. The maximum Gasteiger partial charge on any atom is 0.265 e. The molecule has 5 heteroatoms. The topological polar surface area (TPSA) is 73.6 Å². The first-order valence-electron chi connectivity index (χ1n) is 6.97. The lowest BCUT2D eigenvalue weighted by atomic mass is 10.2. The molecule has 0 aromatic heterocycles. The fraction of sp³-hybridized carbons (Fsp3) is 0.235. The first kappa shape index (κ1) is 15.7. The van der Waals surface area contributed by atoms with Crippen molar-refractivity contribution in [3.8, 4) is 11.5 Å². The molecule has 0 unspecified atom stereocenters. The van der Waals surface area contributed by atoms with Gasteiger partial charge in [0.25, 0.3) is 5.91 Å². The minimum Gasteiger partial charge on any atom is -0.495 e. The summed E-state index contributed by atoms with van der Waals surface area (Å²) >= 11 is 0. The second kappa shape index (κ2) is 6.85. The lowest BCUT2D eigenvalue weighted by Gasteiger charge is -2.16. The molecule has 1 atom stereocenters. The molecule has 0 fully saturated rings. The van der Waals surface area contributed by atoms with Crippen LogP contribution in [0, 0.1) is 6.92 Å². The highest BCUT2D eigenvalue weighted by molar-refractivity contribution is 5.95. The zero-order valence-corrected chi connectivity index (χ0v) is 12.9. The second-order valence-corrected chi connectivity index (χ2v) is 5.02. The molecule has 3 N–H and O–H groups in total. The number of ether oxygens (including phenoxy) is 2. The molecule has 0 spiro atoms. The van der Waals surface area contributed by atoms with E-state index in [1.165, 1.54) is 7.11 Å². The Morgan fingerprint density at radius 1 is 1.18 bits per heavy atom. The molecular formula is C17H20N2O3. The summed E-state index contributed by atoms with van der Waals surface area (Å²) in [6.07, 6.45) is -0.645. The highest BCUT2D eigenvalue weighted by Gasteiger charge is 2.16. The average Bonchev–Trinajstić information content (AvgIpc) is 2.49. The maximum absolute atomic E-state index is 12.2. The van der Waals surface area contributed by atoms with E-state index in [4.69, 9.17) is 15.2 Å². The van der Waals surface area contributed by atoms with Crippen LogP contribution in [0.15, 0.2) is 42.5 Å². The van der Waals surface area contributed by atoms with Crippen molar-refractivity contribution in [3.05, 3.63) is 48.0 Å². The molecule has 5 nitrogen and oxygen atoms in total. The third-order valence-corrected chi connectivity index (χ3v) is 3.18. The molecule has 0 aliphatic rings. The highest BCUT2D eigenvalue weighted by atomic mass is 16.5. The van der Waals surface area contributed by atoms with Gasteiger partial charge in [0.05, 0.1) is 12.8 Å². The van der Waals surface area contributed by atoms with Crippen LogP contribution in [-0.2, 0) is 4.79 Å². The van der Waals surface area contributed by atoms with Crippen LogP contribution in [0.4, 0.5) is 11.4 Å². The molecule has 0 aliphatic carbocycles. The van der Waals surface area contributed by atoms with Gasteiger partial charge in [0, 0.05) is 5.69 Å². The van der Waals surface area contributed by atoms with Crippen LogP contribution >= 0.6 is 0 Å². The number of carbonyl (C=O) groups is 1. The van der Waals surface area contributed by atoms with Crippen molar-refractivity contribution in [2.45, 2.75) is 20.0 Å². The summed E-state index contributed by atoms with van der Waals surface area (Å²) in [4.78, 5) is 12.2. The van der Waals surface area contributed by atoms with Gasteiger partial charge in [0.1, 0.15) is 11.5 Å². The lowest BCUT2D eigenvalue weighted by Crippen LogP contribution is -2.30. The van der Waals surface area contributed by atoms with Crippen molar-refractivity contribution in [2.75, 3.05) is 18.2 Å². The molecule has 0 heterocycles. The van der Waals surface area contributed by atoms with Crippen molar-refractivity contribution in [2.24, 2.45) is 0 Å². The van der Waals surface area contributed by atoms with E-state index in [2.05, 4.69) is 5.32 Å². The number of nitrogen functional groups attached to an aromatic ring is 1. The van der Waals surface area contributed by atoms with E-state index < -0.39 is 6.10 Å². The molecule has 0 radical (unpaired) electrons. The number of amides is 1. The Labute approximate surface area is 130 Å². The van der Waals surface area contributed by atoms with E-state index >= 15 is 0 Å². The maximum atomic E-state index is 12.2. The Balaban J connectivity index is 2.05. The van der Waals surface area contributed by atoms with Gasteiger partial charge in [0.2, 0.25) is 0 Å². The van der Waals surface area contributed by atoms with Crippen LogP contribution in [0.25, 0.3) is 0 Å². The Hall–Kier alpha value is -2.69. The quantitative estimate of drug-likeness (QED) is 0.833. The van der Waals surface area contributed by atoms with Crippen molar-refractivity contribution in [3.63, 3.8) is 0 Å². The molecule has 2 rings (SSSR count). The smallest absolute Gasteiger partial charge is 0.265 e. The first-order valence-corrected chi connectivity index (χ1v) is 6.97. The summed E-state index contributed by atoms with van der Waals surface area (Å²) in [5.74, 6) is 0.919. The lowest BCUT2D eigenvalue weighted by molar-refractivity contribution is -0.122. The SMILES string of the molecule is COc1ccc(N)cc1NC(=O)[C@H](C)Oc1ccc(C)cc1. The van der Waals surface area contributed by atoms with Gasteiger partial charge in [-0.05, 0) is 44.2 Å². The fourth-order valence-electron chi connectivity index (χ4n) is 1.93. The van der Waals surface area contributed by atoms with E-state index in [-0.39, 0.29) is 5.91 Å². The predicted molar refractivity (Wildman–Crippen MR) is 87.3 cm³/mol. The van der Waals surface area contributed by atoms with Crippen LogP contribution < -0.4 is 20.5 Å². The molecule has 0 saturated carbocycles. The molecular weight excluding hydrogens is 280 g/mol. The number of rotatable bonds is 5. The van der Waals surface area contributed by atoms with Gasteiger partial charge in [0.15, 0.2) is 6.10 Å². The third-order valence-electron chi connectivity index (χ3n) is 3.18. The average molecular weight is 300 g/mol. The molecule has 22 heavy (non-hydrogen) atoms. The van der Waals surface area contributed by atoms with Gasteiger partial charge < -0.3 is 20.5 Å². The highest BCUT2D eigenvalue weighted by Crippen LogP contribution is 2.26. The van der Waals surface area contributed by atoms with Crippen molar-refractivity contribution < 1.29 is 14.3 Å². The minimum absolute atomic E-state index is 0.274. The summed E-state index contributed by atoms with van der Waals surface area (Å²) in [7, 11) is 1.54. The van der Waals surface area contributed by atoms with Crippen molar-refractivity contribution in [1.82, 2.24) is 0 Å². The van der Waals surface area contributed by atoms with Crippen molar-refractivity contribution >= 4 is 17.3 Å². The predicted octanol–water partition coefficient (Wildman–Crippen LogP) is 2.99. The second-order valence-electron chi connectivity index (χ2n) is 5.02. The Kier molecular flexibility index (Phi) is 4.88. The molecule has 0 bridgehead atoms. The van der Waals surface area contributed by atoms with E-state index in [0.29, 0.717) is 22.9 Å². The number of hydrogen-bond donors (Lipinski definition) is 2. The van der Waals surface area contributed by atoms with Crippen LogP contribution in [0.2, 0.25) is 0 Å². The summed E-state index contributed by atoms with van der Waals surface area (Å²) in [6.45, 7) is 3.68. The molecule has 0 saturated heterocycles. The molecule has 0 aliphatic heterocycles. The summed E-state index contributed by atoms with van der Waals surface area (Å²) < 4.78 is 10.8. The summed E-state index contributed by atoms with van der Waals surface area (Å²) in [6, 6.07) is 12.6. The third kappa shape index (κ3) is 3.91. The van der Waals surface area contributed by atoms with Crippen LogP contribution in [0.3, 0.4) is 0 Å². The summed E-state index contributed by atoms with van der Waals surface area (Å²) in [5, 5.41) is 2.76. The van der Waals surface area contributed by atoms with E-state index in [1.807, 2.05) is 31.2 Å². The standard InChI is InChI=1S/C17H20N2O3/c1-11-4-7-14(8-5-11)22-12(2)17(20)19-15-10-13(18)6-9-16(15)21-3/h4-10,12H,18H2,1-3H3,(H,19,20)/t12-/m0/s1. The number of aryl methyl sites for hydroxylation is 1. The van der Waals surface area contributed by atoms with Gasteiger partial charge in [-0.1, -0.05) is 17.7 Å². The van der Waals surface area contributed by atoms with Crippen LogP contribution in [0.1, 0.15) is 12.5 Å². The van der Waals surface area contributed by atoms with Gasteiger partial charge >= 0.3 is 0 Å². The number of benzene rings is 2. The van der Waals surface area contributed by atoms with Gasteiger partial charge in [-0.15, -0.1) is 0 Å².